The zero-order valence-corrected chi connectivity index (χ0v) is 11.7. The smallest absolute Gasteiger partial charge is 0.227 e. The highest BCUT2D eigenvalue weighted by molar-refractivity contribution is 5.92. The van der Waals surface area contributed by atoms with E-state index in [2.05, 4.69) is 10.6 Å². The van der Waals surface area contributed by atoms with Crippen LogP contribution in [0, 0.1) is 0 Å². The maximum Gasteiger partial charge on any atom is 0.227 e. The van der Waals surface area contributed by atoms with Gasteiger partial charge in [-0.1, -0.05) is 18.2 Å². The third-order valence-corrected chi connectivity index (χ3v) is 3.84. The molecule has 1 saturated carbocycles. The number of carbonyl (C=O) groups is 1. The lowest BCUT2D eigenvalue weighted by atomic mass is 9.77. The number of hydrogen-bond donors (Lipinski definition) is 2. The number of benzene rings is 1. The van der Waals surface area contributed by atoms with Gasteiger partial charge in [-0.3, -0.25) is 4.79 Å². The number of ether oxygens (including phenoxy) is 1. The molecule has 1 aromatic rings. The van der Waals surface area contributed by atoms with Crippen LogP contribution in [0.25, 0.3) is 0 Å². The minimum absolute atomic E-state index is 0.0325. The molecule has 0 bridgehead atoms. The van der Waals surface area contributed by atoms with Crippen molar-refractivity contribution in [3.63, 3.8) is 0 Å². The molecule has 1 aliphatic carbocycles. The van der Waals surface area contributed by atoms with E-state index in [0.29, 0.717) is 6.42 Å². The van der Waals surface area contributed by atoms with Crippen LogP contribution in [0.5, 0.6) is 0 Å². The predicted molar refractivity (Wildman–Crippen MR) is 76.0 cm³/mol. The molecule has 0 unspecified atom stereocenters. The third-order valence-electron chi connectivity index (χ3n) is 3.84. The molecule has 0 spiro atoms. The van der Waals surface area contributed by atoms with Crippen molar-refractivity contribution in [2.75, 3.05) is 19.5 Å². The third kappa shape index (κ3) is 3.33. The number of anilines is 1. The quantitative estimate of drug-likeness (QED) is 0.827. The molecule has 4 heteroatoms. The van der Waals surface area contributed by atoms with E-state index < -0.39 is 0 Å². The molecular weight excluding hydrogens is 240 g/mol. The number of para-hydroxylation sites is 1. The highest BCUT2D eigenvalue weighted by Gasteiger charge is 2.39. The molecule has 0 atom stereocenters. The summed E-state index contributed by atoms with van der Waals surface area (Å²) in [6, 6.07) is 7.86. The lowest BCUT2D eigenvalue weighted by Crippen LogP contribution is -2.42. The largest absolute Gasteiger partial charge is 0.378 e. The van der Waals surface area contributed by atoms with Crippen LogP contribution in [0.1, 0.15) is 31.2 Å². The Labute approximate surface area is 114 Å². The summed E-state index contributed by atoms with van der Waals surface area (Å²) >= 11 is 0. The SMILES string of the molecule is CNCc1ccccc1NC(=O)CC1(OC)CCC1. The topological polar surface area (TPSA) is 50.4 Å². The van der Waals surface area contributed by atoms with E-state index >= 15 is 0 Å². The molecule has 0 aromatic heterocycles. The number of carbonyl (C=O) groups excluding carboxylic acids is 1. The number of nitrogens with one attached hydrogen (secondary N) is 2. The molecule has 0 saturated heterocycles. The van der Waals surface area contributed by atoms with Gasteiger partial charge in [0, 0.05) is 19.3 Å². The Balaban J connectivity index is 1.98. The Morgan fingerprint density at radius 1 is 1.37 bits per heavy atom. The number of hydrogen-bond acceptors (Lipinski definition) is 3. The summed E-state index contributed by atoms with van der Waals surface area (Å²) in [7, 11) is 3.59. The van der Waals surface area contributed by atoms with Crippen molar-refractivity contribution in [3.05, 3.63) is 29.8 Å². The van der Waals surface area contributed by atoms with E-state index in [4.69, 9.17) is 4.74 Å². The van der Waals surface area contributed by atoms with E-state index in [0.717, 1.165) is 37.1 Å². The second-order valence-corrected chi connectivity index (χ2v) is 5.15. The van der Waals surface area contributed by atoms with Crippen molar-refractivity contribution in [3.8, 4) is 0 Å². The summed E-state index contributed by atoms with van der Waals surface area (Å²) in [5.74, 6) is 0.0325. The Morgan fingerprint density at radius 2 is 2.11 bits per heavy atom. The first-order valence-corrected chi connectivity index (χ1v) is 6.77. The fourth-order valence-corrected chi connectivity index (χ4v) is 2.50. The summed E-state index contributed by atoms with van der Waals surface area (Å²) in [6.07, 6.45) is 3.55. The first kappa shape index (κ1) is 14.0. The molecule has 1 amide bonds. The first-order valence-electron chi connectivity index (χ1n) is 6.77. The second-order valence-electron chi connectivity index (χ2n) is 5.15. The van der Waals surface area contributed by atoms with Crippen molar-refractivity contribution >= 4 is 11.6 Å². The van der Waals surface area contributed by atoms with Gasteiger partial charge in [-0.15, -0.1) is 0 Å². The number of amides is 1. The van der Waals surface area contributed by atoms with Crippen LogP contribution < -0.4 is 10.6 Å². The van der Waals surface area contributed by atoms with E-state index in [-0.39, 0.29) is 11.5 Å². The molecule has 4 nitrogen and oxygen atoms in total. The van der Waals surface area contributed by atoms with Gasteiger partial charge in [-0.25, -0.2) is 0 Å². The lowest BCUT2D eigenvalue weighted by Gasteiger charge is -2.39. The minimum Gasteiger partial charge on any atom is -0.378 e. The van der Waals surface area contributed by atoms with Gasteiger partial charge in [-0.2, -0.15) is 0 Å². The molecular formula is C15H22N2O2. The van der Waals surface area contributed by atoms with Gasteiger partial charge in [0.25, 0.3) is 0 Å². The first-order chi connectivity index (χ1) is 9.19. The average Bonchev–Trinajstić information content (AvgIpc) is 2.36. The van der Waals surface area contributed by atoms with Crippen LogP contribution >= 0.6 is 0 Å². The number of rotatable bonds is 6. The molecule has 2 rings (SSSR count). The van der Waals surface area contributed by atoms with Crippen LogP contribution in [0.4, 0.5) is 5.69 Å². The Kier molecular flexibility index (Phi) is 4.56. The Hall–Kier alpha value is -1.39. The standard InChI is InChI=1S/C15H22N2O2/c1-16-11-12-6-3-4-7-13(12)17-14(18)10-15(19-2)8-5-9-15/h3-4,6-7,16H,5,8-11H2,1-2H3,(H,17,18). The van der Waals surface area contributed by atoms with Crippen molar-refractivity contribution in [2.24, 2.45) is 0 Å². The zero-order chi connectivity index (χ0) is 13.7. The van der Waals surface area contributed by atoms with E-state index in [1.165, 1.54) is 0 Å². The molecule has 1 aromatic carbocycles. The summed E-state index contributed by atoms with van der Waals surface area (Å²) in [5, 5.41) is 6.10. The predicted octanol–water partition coefficient (Wildman–Crippen LogP) is 2.30. The van der Waals surface area contributed by atoms with Gasteiger partial charge in [0.1, 0.15) is 0 Å². The van der Waals surface area contributed by atoms with Crippen molar-refractivity contribution < 1.29 is 9.53 Å². The average molecular weight is 262 g/mol. The number of methoxy groups -OCH3 is 1. The van der Waals surface area contributed by atoms with Crippen LogP contribution in [0.2, 0.25) is 0 Å². The molecule has 1 aliphatic rings. The molecule has 104 valence electrons. The zero-order valence-electron chi connectivity index (χ0n) is 11.7. The summed E-state index contributed by atoms with van der Waals surface area (Å²) in [6.45, 7) is 0.742. The second kappa shape index (κ2) is 6.17. The summed E-state index contributed by atoms with van der Waals surface area (Å²) < 4.78 is 5.49. The monoisotopic (exact) mass is 262 g/mol. The lowest BCUT2D eigenvalue weighted by molar-refractivity contribution is -0.129. The molecule has 0 heterocycles. The van der Waals surface area contributed by atoms with Gasteiger partial charge < -0.3 is 15.4 Å². The molecule has 1 fully saturated rings. The van der Waals surface area contributed by atoms with Crippen molar-refractivity contribution in [1.82, 2.24) is 5.32 Å². The Bertz CT molecular complexity index is 436. The molecule has 19 heavy (non-hydrogen) atoms. The van der Waals surface area contributed by atoms with Gasteiger partial charge in [-0.05, 0) is 37.9 Å². The Morgan fingerprint density at radius 3 is 2.68 bits per heavy atom. The van der Waals surface area contributed by atoms with Gasteiger partial charge >= 0.3 is 0 Å². The van der Waals surface area contributed by atoms with Crippen LogP contribution in [-0.2, 0) is 16.1 Å². The van der Waals surface area contributed by atoms with Crippen LogP contribution in [0.15, 0.2) is 24.3 Å². The van der Waals surface area contributed by atoms with Crippen molar-refractivity contribution in [2.45, 2.75) is 37.8 Å². The normalized spacial score (nSPS) is 16.7. The van der Waals surface area contributed by atoms with Crippen molar-refractivity contribution in [1.29, 1.82) is 0 Å². The molecule has 0 aliphatic heterocycles. The summed E-state index contributed by atoms with van der Waals surface area (Å²) in [4.78, 5) is 12.1. The summed E-state index contributed by atoms with van der Waals surface area (Å²) in [5.41, 5.74) is 1.76. The molecule has 0 radical (unpaired) electrons. The molecule has 2 N–H and O–H groups in total. The highest BCUT2D eigenvalue weighted by Crippen LogP contribution is 2.38. The maximum absolute atomic E-state index is 12.1. The highest BCUT2D eigenvalue weighted by atomic mass is 16.5. The minimum atomic E-state index is -0.220. The van der Waals surface area contributed by atoms with E-state index in [1.807, 2.05) is 31.3 Å². The van der Waals surface area contributed by atoms with Crippen LogP contribution in [0.3, 0.4) is 0 Å². The maximum atomic E-state index is 12.1. The van der Waals surface area contributed by atoms with E-state index in [9.17, 15) is 4.79 Å². The van der Waals surface area contributed by atoms with Gasteiger partial charge in [0.15, 0.2) is 0 Å². The van der Waals surface area contributed by atoms with Crippen LogP contribution in [-0.4, -0.2) is 25.7 Å². The van der Waals surface area contributed by atoms with Gasteiger partial charge in [0.05, 0.1) is 12.0 Å². The van der Waals surface area contributed by atoms with E-state index in [1.54, 1.807) is 7.11 Å². The fraction of sp³-hybridized carbons (Fsp3) is 0.533. The van der Waals surface area contributed by atoms with Gasteiger partial charge in [0.2, 0.25) is 5.91 Å². The fourth-order valence-electron chi connectivity index (χ4n) is 2.50.